The topological polar surface area (TPSA) is 18.5 Å². The van der Waals surface area contributed by atoms with Crippen LogP contribution in [-0.2, 0) is 9.47 Å². The molecule has 2 heteroatoms. The van der Waals surface area contributed by atoms with Gasteiger partial charge in [0, 0.05) is 13.2 Å². The van der Waals surface area contributed by atoms with Crippen molar-refractivity contribution < 1.29 is 9.47 Å². The normalized spacial score (nSPS) is 29.0. The van der Waals surface area contributed by atoms with Crippen molar-refractivity contribution in [2.75, 3.05) is 13.2 Å². The van der Waals surface area contributed by atoms with Gasteiger partial charge in [0.15, 0.2) is 0 Å². The summed E-state index contributed by atoms with van der Waals surface area (Å²) in [6.07, 6.45) is 15.2. The predicted molar refractivity (Wildman–Crippen MR) is 77.0 cm³/mol. The number of fused-ring (bicyclic) bond motifs is 2. The van der Waals surface area contributed by atoms with Crippen molar-refractivity contribution in [3.05, 3.63) is 0 Å². The van der Waals surface area contributed by atoms with Gasteiger partial charge in [0.1, 0.15) is 0 Å². The minimum atomic E-state index is 0.628. The van der Waals surface area contributed by atoms with E-state index >= 15 is 0 Å². The first-order valence-corrected chi connectivity index (χ1v) is 8.10. The summed E-state index contributed by atoms with van der Waals surface area (Å²) in [6, 6.07) is 0. The molecule has 2 heterocycles. The third-order valence-electron chi connectivity index (χ3n) is 3.91. The molecule has 2 rings (SSSR count). The van der Waals surface area contributed by atoms with Gasteiger partial charge >= 0.3 is 0 Å². The molecule has 2 aliphatic heterocycles. The Morgan fingerprint density at radius 2 is 1.17 bits per heavy atom. The second kappa shape index (κ2) is 10.8. The van der Waals surface area contributed by atoms with E-state index in [1.807, 2.05) is 13.8 Å². The van der Waals surface area contributed by atoms with Crippen LogP contribution in [0.5, 0.6) is 0 Å². The Morgan fingerprint density at radius 1 is 0.722 bits per heavy atom. The van der Waals surface area contributed by atoms with E-state index in [9.17, 15) is 0 Å². The highest BCUT2D eigenvalue weighted by molar-refractivity contribution is 4.74. The highest BCUT2D eigenvalue weighted by Crippen LogP contribution is 2.28. The fourth-order valence-corrected chi connectivity index (χ4v) is 2.86. The standard InChI is InChI=1S/C12H22O.C4H10O/c1-2-4-6-8-12-10-9-11(13-12)7-5-3-1;1-3-5-4-2/h11-12H,1-10H2;3-4H2,1-2H3. The molecule has 18 heavy (non-hydrogen) atoms. The van der Waals surface area contributed by atoms with Gasteiger partial charge in [-0.1, -0.05) is 38.5 Å². The molecule has 0 saturated carbocycles. The lowest BCUT2D eigenvalue weighted by molar-refractivity contribution is 0.0345. The summed E-state index contributed by atoms with van der Waals surface area (Å²) in [5.74, 6) is 0. The van der Waals surface area contributed by atoms with Crippen LogP contribution in [0.25, 0.3) is 0 Å². The molecule has 0 aromatic rings. The van der Waals surface area contributed by atoms with Crippen LogP contribution in [0, 0.1) is 0 Å². The van der Waals surface area contributed by atoms with Crippen LogP contribution in [0.3, 0.4) is 0 Å². The Hall–Kier alpha value is -0.0800. The average molecular weight is 256 g/mol. The van der Waals surface area contributed by atoms with E-state index in [0.717, 1.165) is 13.2 Å². The van der Waals surface area contributed by atoms with Gasteiger partial charge in [0.25, 0.3) is 0 Å². The maximum atomic E-state index is 5.99. The van der Waals surface area contributed by atoms with Crippen LogP contribution in [0.15, 0.2) is 0 Å². The van der Waals surface area contributed by atoms with Crippen molar-refractivity contribution in [2.24, 2.45) is 0 Å². The molecular weight excluding hydrogens is 224 g/mol. The molecule has 2 unspecified atom stereocenters. The molecule has 0 aliphatic carbocycles. The number of hydrogen-bond acceptors (Lipinski definition) is 2. The maximum Gasteiger partial charge on any atom is 0.0579 e. The van der Waals surface area contributed by atoms with Crippen molar-refractivity contribution >= 4 is 0 Å². The van der Waals surface area contributed by atoms with E-state index in [1.54, 1.807) is 0 Å². The van der Waals surface area contributed by atoms with Crippen LogP contribution < -0.4 is 0 Å². The third-order valence-corrected chi connectivity index (χ3v) is 3.91. The number of hydrogen-bond donors (Lipinski definition) is 0. The van der Waals surface area contributed by atoms with Gasteiger partial charge in [-0.3, -0.25) is 0 Å². The molecule has 0 radical (unpaired) electrons. The van der Waals surface area contributed by atoms with Crippen molar-refractivity contribution in [1.29, 1.82) is 0 Å². The Kier molecular flexibility index (Phi) is 9.59. The molecule has 108 valence electrons. The smallest absolute Gasteiger partial charge is 0.0579 e. The van der Waals surface area contributed by atoms with Gasteiger partial charge in [-0.2, -0.15) is 0 Å². The zero-order chi connectivity index (χ0) is 13.1. The van der Waals surface area contributed by atoms with E-state index in [1.165, 1.54) is 64.2 Å². The van der Waals surface area contributed by atoms with Gasteiger partial charge in [-0.25, -0.2) is 0 Å². The van der Waals surface area contributed by atoms with Crippen LogP contribution in [0.4, 0.5) is 0 Å². The lowest BCUT2D eigenvalue weighted by Crippen LogP contribution is -2.10. The molecular formula is C16H32O2. The second-order valence-corrected chi connectivity index (χ2v) is 5.44. The SMILES string of the molecule is C1CCCCC2CCC(CCC1)O2.CCOCC. The van der Waals surface area contributed by atoms with Gasteiger partial charge in [0.05, 0.1) is 12.2 Å². The first kappa shape index (κ1) is 16.0. The van der Waals surface area contributed by atoms with E-state index in [0.29, 0.717) is 12.2 Å². The Balaban J connectivity index is 0.000000280. The van der Waals surface area contributed by atoms with Gasteiger partial charge in [0.2, 0.25) is 0 Å². The molecule has 2 nitrogen and oxygen atoms in total. The molecule has 2 saturated heterocycles. The molecule has 2 aliphatic rings. The Labute approximate surface area is 113 Å². The van der Waals surface area contributed by atoms with Crippen LogP contribution in [-0.4, -0.2) is 25.4 Å². The van der Waals surface area contributed by atoms with Gasteiger partial charge in [-0.05, 0) is 39.5 Å². The van der Waals surface area contributed by atoms with E-state index in [4.69, 9.17) is 9.47 Å². The Morgan fingerprint density at radius 3 is 1.56 bits per heavy atom. The van der Waals surface area contributed by atoms with Gasteiger partial charge < -0.3 is 9.47 Å². The summed E-state index contributed by atoms with van der Waals surface area (Å²) >= 11 is 0. The highest BCUT2D eigenvalue weighted by Gasteiger charge is 2.24. The molecule has 0 aromatic heterocycles. The first-order valence-electron chi connectivity index (χ1n) is 8.10. The van der Waals surface area contributed by atoms with E-state index < -0.39 is 0 Å². The van der Waals surface area contributed by atoms with Crippen LogP contribution in [0.2, 0.25) is 0 Å². The lowest BCUT2D eigenvalue weighted by atomic mass is 10.0. The summed E-state index contributed by atoms with van der Waals surface area (Å²) in [7, 11) is 0. The largest absolute Gasteiger partial charge is 0.382 e. The lowest BCUT2D eigenvalue weighted by Gasteiger charge is -2.12. The molecule has 0 aromatic carbocycles. The van der Waals surface area contributed by atoms with Crippen LogP contribution in [0.1, 0.15) is 78.1 Å². The molecule has 0 N–H and O–H groups in total. The zero-order valence-corrected chi connectivity index (χ0v) is 12.5. The van der Waals surface area contributed by atoms with Gasteiger partial charge in [-0.15, -0.1) is 0 Å². The molecule has 0 amide bonds. The quantitative estimate of drug-likeness (QED) is 0.712. The second-order valence-electron chi connectivity index (χ2n) is 5.44. The fourth-order valence-electron chi connectivity index (χ4n) is 2.86. The van der Waals surface area contributed by atoms with Crippen molar-refractivity contribution in [1.82, 2.24) is 0 Å². The summed E-state index contributed by atoms with van der Waals surface area (Å²) < 4.78 is 10.8. The summed E-state index contributed by atoms with van der Waals surface area (Å²) in [4.78, 5) is 0. The van der Waals surface area contributed by atoms with Crippen molar-refractivity contribution in [2.45, 2.75) is 90.3 Å². The van der Waals surface area contributed by atoms with Crippen molar-refractivity contribution in [3.8, 4) is 0 Å². The van der Waals surface area contributed by atoms with E-state index in [2.05, 4.69) is 0 Å². The summed E-state index contributed by atoms with van der Waals surface area (Å²) in [6.45, 7) is 5.67. The van der Waals surface area contributed by atoms with Crippen LogP contribution >= 0.6 is 0 Å². The molecule has 2 bridgehead atoms. The fraction of sp³-hybridized carbons (Fsp3) is 1.00. The minimum Gasteiger partial charge on any atom is -0.382 e. The molecule has 2 fully saturated rings. The predicted octanol–water partition coefficient (Wildman–Crippen LogP) is 4.71. The first-order chi connectivity index (χ1) is 8.86. The zero-order valence-electron chi connectivity index (χ0n) is 12.5. The summed E-state index contributed by atoms with van der Waals surface area (Å²) in [5, 5.41) is 0. The average Bonchev–Trinajstić information content (AvgIpc) is 2.78. The molecule has 0 spiro atoms. The molecule has 2 atom stereocenters. The third kappa shape index (κ3) is 7.38. The number of rotatable bonds is 2. The minimum absolute atomic E-state index is 0.628. The van der Waals surface area contributed by atoms with Crippen molar-refractivity contribution in [3.63, 3.8) is 0 Å². The summed E-state index contributed by atoms with van der Waals surface area (Å²) in [5.41, 5.74) is 0. The number of ether oxygens (including phenoxy) is 2. The van der Waals surface area contributed by atoms with E-state index in [-0.39, 0.29) is 0 Å². The Bertz CT molecular complexity index is 164. The monoisotopic (exact) mass is 256 g/mol. The maximum absolute atomic E-state index is 5.99. The highest BCUT2D eigenvalue weighted by atomic mass is 16.5.